The molecule has 90 valence electrons. The summed E-state index contributed by atoms with van der Waals surface area (Å²) in [5.74, 6) is 2.10. The Balaban J connectivity index is 2.17. The molecule has 0 aliphatic rings. The van der Waals surface area contributed by atoms with Crippen LogP contribution in [0.25, 0.3) is 0 Å². The zero-order valence-corrected chi connectivity index (χ0v) is 9.96. The Labute approximate surface area is 99.9 Å². The summed E-state index contributed by atoms with van der Waals surface area (Å²) < 4.78 is 1.97. The van der Waals surface area contributed by atoms with Crippen LogP contribution in [-0.2, 0) is 13.6 Å². The first-order chi connectivity index (χ1) is 8.08. The summed E-state index contributed by atoms with van der Waals surface area (Å²) in [5, 5.41) is 0. The number of imidazole rings is 1. The van der Waals surface area contributed by atoms with E-state index in [0.29, 0.717) is 18.1 Å². The number of rotatable bonds is 3. The van der Waals surface area contributed by atoms with Gasteiger partial charge >= 0.3 is 0 Å². The molecule has 0 spiro atoms. The number of hydrogen-bond acceptors (Lipinski definition) is 5. The lowest BCUT2D eigenvalue weighted by Gasteiger charge is -2.18. The molecule has 6 nitrogen and oxygen atoms in total. The molecular weight excluding hydrogens is 216 g/mol. The van der Waals surface area contributed by atoms with E-state index in [0.717, 1.165) is 11.6 Å². The maximum absolute atomic E-state index is 5.68. The molecule has 0 saturated carbocycles. The van der Waals surface area contributed by atoms with Crippen LogP contribution in [0.2, 0.25) is 0 Å². The van der Waals surface area contributed by atoms with Gasteiger partial charge in [-0.2, -0.15) is 0 Å². The van der Waals surface area contributed by atoms with Gasteiger partial charge in [0.05, 0.1) is 12.2 Å². The summed E-state index contributed by atoms with van der Waals surface area (Å²) in [5.41, 5.74) is 11.8. The summed E-state index contributed by atoms with van der Waals surface area (Å²) in [4.78, 5) is 10.5. The molecule has 0 amide bonds. The van der Waals surface area contributed by atoms with Crippen molar-refractivity contribution in [1.29, 1.82) is 0 Å². The molecule has 6 heteroatoms. The highest BCUT2D eigenvalue weighted by atomic mass is 15.2. The van der Waals surface area contributed by atoms with Crippen molar-refractivity contribution in [3.63, 3.8) is 0 Å². The number of nitrogens with two attached hydrogens (primary N) is 2. The minimum atomic E-state index is 0.356. The molecule has 0 atom stereocenters. The smallest absolute Gasteiger partial charge is 0.149 e. The zero-order chi connectivity index (χ0) is 12.4. The van der Waals surface area contributed by atoms with Gasteiger partial charge in [0.15, 0.2) is 0 Å². The number of nitrogens with zero attached hydrogens (tertiary/aromatic N) is 4. The van der Waals surface area contributed by atoms with E-state index in [9.17, 15) is 0 Å². The highest BCUT2D eigenvalue weighted by molar-refractivity contribution is 5.61. The number of nitrogen functional groups attached to an aromatic ring is 2. The van der Waals surface area contributed by atoms with Crippen molar-refractivity contribution in [2.75, 3.05) is 23.4 Å². The van der Waals surface area contributed by atoms with Gasteiger partial charge in [-0.1, -0.05) is 0 Å². The van der Waals surface area contributed by atoms with Crippen molar-refractivity contribution in [3.8, 4) is 0 Å². The Morgan fingerprint density at radius 2 is 2.12 bits per heavy atom. The fourth-order valence-corrected chi connectivity index (χ4v) is 1.53. The summed E-state index contributed by atoms with van der Waals surface area (Å²) in [7, 11) is 3.90. The number of aromatic nitrogens is 3. The molecule has 0 unspecified atom stereocenters. The number of hydrogen-bond donors (Lipinski definition) is 2. The standard InChI is InChI=1S/C11H16N6/c1-16-6-5-14-10(16)7-17(2)9-4-3-8(12)11(13)15-9/h3-6H,7,12H2,1-2H3,(H2,13,15). The maximum Gasteiger partial charge on any atom is 0.149 e. The fourth-order valence-electron chi connectivity index (χ4n) is 1.53. The Hall–Kier alpha value is -2.24. The van der Waals surface area contributed by atoms with Gasteiger partial charge in [-0.15, -0.1) is 0 Å². The van der Waals surface area contributed by atoms with Crippen LogP contribution in [0, 0.1) is 0 Å². The normalized spacial score (nSPS) is 10.5. The minimum absolute atomic E-state index is 0.356. The lowest BCUT2D eigenvalue weighted by Crippen LogP contribution is -2.20. The molecule has 0 fully saturated rings. The predicted molar refractivity (Wildman–Crippen MR) is 68.4 cm³/mol. The minimum Gasteiger partial charge on any atom is -0.396 e. The molecule has 0 bridgehead atoms. The maximum atomic E-state index is 5.68. The third-order valence-corrected chi connectivity index (χ3v) is 2.63. The van der Waals surface area contributed by atoms with Crippen molar-refractivity contribution < 1.29 is 0 Å². The van der Waals surface area contributed by atoms with Crippen LogP contribution in [0.1, 0.15) is 5.82 Å². The van der Waals surface area contributed by atoms with Crippen LogP contribution in [0.4, 0.5) is 17.3 Å². The molecular formula is C11H16N6. The van der Waals surface area contributed by atoms with Crippen molar-refractivity contribution in [2.24, 2.45) is 7.05 Å². The Morgan fingerprint density at radius 1 is 1.35 bits per heavy atom. The summed E-state index contributed by atoms with van der Waals surface area (Å²) in [6.07, 6.45) is 3.68. The lowest BCUT2D eigenvalue weighted by atomic mass is 10.3. The van der Waals surface area contributed by atoms with Gasteiger partial charge in [0.1, 0.15) is 17.5 Å². The molecule has 2 heterocycles. The van der Waals surface area contributed by atoms with Crippen LogP contribution < -0.4 is 16.4 Å². The van der Waals surface area contributed by atoms with Gasteiger partial charge in [-0.3, -0.25) is 0 Å². The third kappa shape index (κ3) is 2.30. The predicted octanol–water partition coefficient (Wildman–Crippen LogP) is 0.616. The van der Waals surface area contributed by atoms with Crippen molar-refractivity contribution in [1.82, 2.24) is 14.5 Å². The van der Waals surface area contributed by atoms with Gasteiger partial charge in [0.25, 0.3) is 0 Å². The van der Waals surface area contributed by atoms with Crippen molar-refractivity contribution in [3.05, 3.63) is 30.4 Å². The topological polar surface area (TPSA) is 86.0 Å². The van der Waals surface area contributed by atoms with E-state index in [2.05, 4.69) is 9.97 Å². The first-order valence-electron chi connectivity index (χ1n) is 5.27. The molecule has 0 aliphatic carbocycles. The van der Waals surface area contributed by atoms with E-state index >= 15 is 0 Å². The van der Waals surface area contributed by atoms with Crippen LogP contribution in [0.15, 0.2) is 24.5 Å². The van der Waals surface area contributed by atoms with Gasteiger partial charge in [-0.25, -0.2) is 9.97 Å². The zero-order valence-electron chi connectivity index (χ0n) is 9.96. The number of anilines is 3. The van der Waals surface area contributed by atoms with Crippen molar-refractivity contribution in [2.45, 2.75) is 6.54 Å². The van der Waals surface area contributed by atoms with Crippen LogP contribution >= 0.6 is 0 Å². The molecule has 0 saturated heterocycles. The van der Waals surface area contributed by atoms with E-state index in [-0.39, 0.29) is 0 Å². The molecule has 17 heavy (non-hydrogen) atoms. The highest BCUT2D eigenvalue weighted by Crippen LogP contribution is 2.18. The first kappa shape index (κ1) is 11.3. The second kappa shape index (κ2) is 4.32. The Bertz CT molecular complexity index is 518. The average Bonchev–Trinajstić information content (AvgIpc) is 2.68. The van der Waals surface area contributed by atoms with E-state index < -0.39 is 0 Å². The molecule has 2 rings (SSSR count). The molecule has 0 radical (unpaired) electrons. The average molecular weight is 232 g/mol. The largest absolute Gasteiger partial charge is 0.396 e. The summed E-state index contributed by atoms with van der Waals surface area (Å²) in [6, 6.07) is 3.60. The van der Waals surface area contributed by atoms with Crippen molar-refractivity contribution >= 4 is 17.3 Å². The van der Waals surface area contributed by atoms with Gasteiger partial charge in [-0.05, 0) is 12.1 Å². The molecule has 2 aromatic heterocycles. The first-order valence-corrected chi connectivity index (χ1v) is 5.27. The van der Waals surface area contributed by atoms with Gasteiger partial charge in [0, 0.05) is 26.5 Å². The molecule has 0 aromatic carbocycles. The Kier molecular flexibility index (Phi) is 2.86. The van der Waals surface area contributed by atoms with Crippen LogP contribution in [0.5, 0.6) is 0 Å². The van der Waals surface area contributed by atoms with Crippen LogP contribution in [-0.4, -0.2) is 21.6 Å². The number of aryl methyl sites for hydroxylation is 1. The van der Waals surface area contributed by atoms with Gasteiger partial charge < -0.3 is 20.9 Å². The summed E-state index contributed by atoms with van der Waals surface area (Å²) in [6.45, 7) is 0.667. The second-order valence-corrected chi connectivity index (χ2v) is 3.95. The lowest BCUT2D eigenvalue weighted by molar-refractivity contribution is 0.756. The highest BCUT2D eigenvalue weighted by Gasteiger charge is 2.08. The monoisotopic (exact) mass is 232 g/mol. The van der Waals surface area contributed by atoms with Crippen LogP contribution in [0.3, 0.4) is 0 Å². The molecule has 2 aromatic rings. The molecule has 4 N–H and O–H groups in total. The quantitative estimate of drug-likeness (QED) is 0.810. The van der Waals surface area contributed by atoms with E-state index in [1.54, 1.807) is 12.3 Å². The van der Waals surface area contributed by atoms with Gasteiger partial charge in [0.2, 0.25) is 0 Å². The number of pyridine rings is 1. The van der Waals surface area contributed by atoms with E-state index in [4.69, 9.17) is 11.5 Å². The second-order valence-electron chi connectivity index (χ2n) is 3.95. The SMILES string of the molecule is CN(Cc1nccn1C)c1ccc(N)c(N)n1. The van der Waals surface area contributed by atoms with E-state index in [1.807, 2.05) is 35.8 Å². The summed E-state index contributed by atoms with van der Waals surface area (Å²) >= 11 is 0. The third-order valence-electron chi connectivity index (χ3n) is 2.63. The molecule has 0 aliphatic heterocycles. The Morgan fingerprint density at radius 3 is 2.71 bits per heavy atom. The fraction of sp³-hybridized carbons (Fsp3) is 0.273. The van der Waals surface area contributed by atoms with E-state index in [1.165, 1.54) is 0 Å².